The van der Waals surface area contributed by atoms with E-state index in [1.807, 2.05) is 60.7 Å². The van der Waals surface area contributed by atoms with Gasteiger partial charge in [-0.25, -0.2) is 9.66 Å². The Labute approximate surface area is 160 Å². The number of carbonyl (C=O) groups is 1. The van der Waals surface area contributed by atoms with Gasteiger partial charge in [0.25, 0.3) is 5.91 Å². The lowest BCUT2D eigenvalue weighted by Gasteiger charge is -2.11. The number of benzene rings is 3. The van der Waals surface area contributed by atoms with Gasteiger partial charge in [0, 0.05) is 9.79 Å². The standard InChI is InChI=1S/C21H14N4OS/c22-13-15-7-1-5-11-19(15)27-20-12-6-2-8-16(20)21(26)24-25-14-23-17-9-3-4-10-18(17)25/h1-12,14H,(H,24,26). The van der Waals surface area contributed by atoms with Gasteiger partial charge in [0.1, 0.15) is 12.4 Å². The molecule has 4 aromatic rings. The van der Waals surface area contributed by atoms with Crippen LogP contribution in [0.5, 0.6) is 0 Å². The van der Waals surface area contributed by atoms with Crippen molar-refractivity contribution in [3.05, 3.63) is 90.3 Å². The van der Waals surface area contributed by atoms with Gasteiger partial charge in [-0.05, 0) is 36.4 Å². The number of rotatable bonds is 4. The van der Waals surface area contributed by atoms with Gasteiger partial charge >= 0.3 is 0 Å². The Morgan fingerprint density at radius 3 is 2.52 bits per heavy atom. The van der Waals surface area contributed by atoms with Crippen LogP contribution in [0.1, 0.15) is 15.9 Å². The summed E-state index contributed by atoms with van der Waals surface area (Å²) in [5, 5.41) is 9.29. The monoisotopic (exact) mass is 370 g/mol. The van der Waals surface area contributed by atoms with Crippen molar-refractivity contribution in [2.45, 2.75) is 9.79 Å². The highest BCUT2D eigenvalue weighted by Gasteiger charge is 2.14. The number of nitriles is 1. The second kappa shape index (κ2) is 7.36. The molecule has 6 heteroatoms. The summed E-state index contributed by atoms with van der Waals surface area (Å²) in [5.74, 6) is -0.240. The summed E-state index contributed by atoms with van der Waals surface area (Å²) >= 11 is 1.40. The van der Waals surface area contributed by atoms with Crippen molar-refractivity contribution in [3.8, 4) is 6.07 Å². The van der Waals surface area contributed by atoms with Crippen LogP contribution in [0, 0.1) is 11.3 Å². The molecule has 0 aliphatic carbocycles. The van der Waals surface area contributed by atoms with Gasteiger partial charge in [-0.1, -0.05) is 48.2 Å². The second-order valence-corrected chi connectivity index (χ2v) is 6.83. The Balaban J connectivity index is 1.64. The highest BCUT2D eigenvalue weighted by atomic mass is 32.2. The molecular formula is C21H14N4OS. The van der Waals surface area contributed by atoms with Crippen LogP contribution in [0.2, 0.25) is 0 Å². The first kappa shape index (κ1) is 16.9. The molecule has 5 nitrogen and oxygen atoms in total. The van der Waals surface area contributed by atoms with E-state index >= 15 is 0 Å². The highest BCUT2D eigenvalue weighted by molar-refractivity contribution is 7.99. The van der Waals surface area contributed by atoms with Crippen LogP contribution in [0.15, 0.2) is 88.9 Å². The van der Waals surface area contributed by atoms with Crippen molar-refractivity contribution in [3.63, 3.8) is 0 Å². The number of hydrogen-bond donors (Lipinski definition) is 1. The fourth-order valence-electron chi connectivity index (χ4n) is 2.73. The average molecular weight is 370 g/mol. The Bertz CT molecular complexity index is 1180. The molecule has 0 bridgehead atoms. The first-order valence-electron chi connectivity index (χ1n) is 8.26. The van der Waals surface area contributed by atoms with Gasteiger partial charge in [0.05, 0.1) is 22.2 Å². The normalized spacial score (nSPS) is 10.5. The zero-order valence-corrected chi connectivity index (χ0v) is 15.0. The number of nitrogens with zero attached hydrogens (tertiary/aromatic N) is 3. The first-order valence-corrected chi connectivity index (χ1v) is 9.07. The third-order valence-corrected chi connectivity index (χ3v) is 5.19. The molecule has 1 aromatic heterocycles. The van der Waals surface area contributed by atoms with Crippen LogP contribution in [0.4, 0.5) is 0 Å². The smallest absolute Gasteiger partial charge is 0.267 e. The number of imidazole rings is 1. The lowest BCUT2D eigenvalue weighted by Crippen LogP contribution is -2.22. The van der Waals surface area contributed by atoms with Gasteiger partial charge in [-0.3, -0.25) is 10.2 Å². The minimum Gasteiger partial charge on any atom is -0.267 e. The van der Waals surface area contributed by atoms with E-state index in [4.69, 9.17) is 0 Å². The predicted octanol–water partition coefficient (Wildman–Crippen LogP) is 4.44. The molecule has 0 unspecified atom stereocenters. The fraction of sp³-hybridized carbons (Fsp3) is 0. The molecule has 0 saturated heterocycles. The molecule has 0 atom stereocenters. The van der Waals surface area contributed by atoms with Gasteiger partial charge < -0.3 is 0 Å². The van der Waals surface area contributed by atoms with Gasteiger partial charge in [-0.2, -0.15) is 5.26 Å². The fourth-order valence-corrected chi connectivity index (χ4v) is 3.75. The Kier molecular flexibility index (Phi) is 4.60. The summed E-state index contributed by atoms with van der Waals surface area (Å²) in [5.41, 5.74) is 5.62. The molecule has 1 heterocycles. The van der Waals surface area contributed by atoms with E-state index in [1.165, 1.54) is 11.8 Å². The number of amides is 1. The summed E-state index contributed by atoms with van der Waals surface area (Å²) in [6.45, 7) is 0. The lowest BCUT2D eigenvalue weighted by atomic mass is 10.2. The van der Waals surface area contributed by atoms with Crippen LogP contribution >= 0.6 is 11.8 Å². The second-order valence-electron chi connectivity index (χ2n) is 5.75. The van der Waals surface area contributed by atoms with E-state index in [9.17, 15) is 10.1 Å². The van der Waals surface area contributed by atoms with Crippen molar-refractivity contribution >= 4 is 28.7 Å². The number of aromatic nitrogens is 2. The topological polar surface area (TPSA) is 70.7 Å². The SMILES string of the molecule is N#Cc1ccccc1Sc1ccccc1C(=O)Nn1cnc2ccccc21. The molecule has 0 aliphatic heterocycles. The summed E-state index contributed by atoms with van der Waals surface area (Å²) in [6.07, 6.45) is 1.59. The molecule has 27 heavy (non-hydrogen) atoms. The molecule has 1 N–H and O–H groups in total. The van der Waals surface area contributed by atoms with E-state index in [0.717, 1.165) is 20.8 Å². The molecule has 130 valence electrons. The summed E-state index contributed by atoms with van der Waals surface area (Å²) in [4.78, 5) is 18.8. The van der Waals surface area contributed by atoms with E-state index in [2.05, 4.69) is 16.5 Å². The molecular weight excluding hydrogens is 356 g/mol. The number of para-hydroxylation sites is 2. The van der Waals surface area contributed by atoms with E-state index < -0.39 is 0 Å². The van der Waals surface area contributed by atoms with Crippen LogP contribution in [-0.4, -0.2) is 15.6 Å². The lowest BCUT2D eigenvalue weighted by molar-refractivity contribution is 0.101. The molecule has 1 amide bonds. The molecule has 0 radical (unpaired) electrons. The average Bonchev–Trinajstić information content (AvgIpc) is 3.12. The van der Waals surface area contributed by atoms with Crippen molar-refractivity contribution in [2.75, 3.05) is 5.43 Å². The molecule has 0 fully saturated rings. The number of fused-ring (bicyclic) bond motifs is 1. The van der Waals surface area contributed by atoms with E-state index in [-0.39, 0.29) is 5.91 Å². The Hall–Kier alpha value is -3.56. The molecule has 3 aromatic carbocycles. The Morgan fingerprint density at radius 1 is 0.963 bits per heavy atom. The van der Waals surface area contributed by atoms with Gasteiger partial charge in [-0.15, -0.1) is 0 Å². The number of carbonyl (C=O) groups excluding carboxylic acids is 1. The van der Waals surface area contributed by atoms with E-state index in [0.29, 0.717) is 11.1 Å². The van der Waals surface area contributed by atoms with Crippen molar-refractivity contribution in [1.82, 2.24) is 9.66 Å². The Morgan fingerprint density at radius 2 is 1.67 bits per heavy atom. The zero-order valence-electron chi connectivity index (χ0n) is 14.2. The number of hydrogen-bond acceptors (Lipinski definition) is 4. The molecule has 0 aliphatic rings. The van der Waals surface area contributed by atoms with Crippen LogP contribution < -0.4 is 5.43 Å². The van der Waals surface area contributed by atoms with Crippen LogP contribution in [0.3, 0.4) is 0 Å². The van der Waals surface area contributed by atoms with Gasteiger partial charge in [0.2, 0.25) is 0 Å². The third-order valence-electron chi connectivity index (χ3n) is 4.03. The molecule has 0 spiro atoms. The van der Waals surface area contributed by atoms with Crippen molar-refractivity contribution < 1.29 is 4.79 Å². The zero-order chi connectivity index (χ0) is 18.6. The first-order chi connectivity index (χ1) is 13.3. The molecule has 4 rings (SSSR count). The quantitative estimate of drug-likeness (QED) is 0.576. The third kappa shape index (κ3) is 3.41. The van der Waals surface area contributed by atoms with Crippen molar-refractivity contribution in [2.24, 2.45) is 0 Å². The largest absolute Gasteiger partial charge is 0.271 e. The maximum Gasteiger partial charge on any atom is 0.271 e. The molecule has 0 saturated carbocycles. The minimum absolute atomic E-state index is 0.240. The number of nitrogens with one attached hydrogen (secondary N) is 1. The highest BCUT2D eigenvalue weighted by Crippen LogP contribution is 2.32. The van der Waals surface area contributed by atoms with Crippen LogP contribution in [0.25, 0.3) is 11.0 Å². The maximum absolute atomic E-state index is 12.9. The predicted molar refractivity (Wildman–Crippen MR) is 105 cm³/mol. The van der Waals surface area contributed by atoms with Crippen LogP contribution in [-0.2, 0) is 0 Å². The summed E-state index contributed by atoms with van der Waals surface area (Å²) in [7, 11) is 0. The van der Waals surface area contributed by atoms with Gasteiger partial charge in [0.15, 0.2) is 0 Å². The van der Waals surface area contributed by atoms with Crippen molar-refractivity contribution in [1.29, 1.82) is 5.26 Å². The maximum atomic E-state index is 12.9. The summed E-state index contributed by atoms with van der Waals surface area (Å²) in [6, 6.07) is 24.5. The summed E-state index contributed by atoms with van der Waals surface area (Å²) < 4.78 is 1.61. The minimum atomic E-state index is -0.240. The van der Waals surface area contributed by atoms with E-state index in [1.54, 1.807) is 23.1 Å².